The molecule has 0 radical (unpaired) electrons. The summed E-state index contributed by atoms with van der Waals surface area (Å²) in [6.07, 6.45) is 2.09. The van der Waals surface area contributed by atoms with Crippen LogP contribution in [0.2, 0.25) is 0 Å². The smallest absolute Gasteiger partial charge is 0.236 e. The number of benzene rings is 2. The first-order chi connectivity index (χ1) is 14.7. The molecule has 6 nitrogen and oxygen atoms in total. The van der Waals surface area contributed by atoms with Crippen molar-refractivity contribution in [1.29, 1.82) is 0 Å². The zero-order valence-electron chi connectivity index (χ0n) is 16.8. The molecule has 154 valence electrons. The van der Waals surface area contributed by atoms with Crippen molar-refractivity contribution in [2.45, 2.75) is 17.7 Å². The van der Waals surface area contributed by atoms with E-state index in [-0.39, 0.29) is 11.9 Å². The maximum absolute atomic E-state index is 12.8. The molecular formula is C23H25N5OS. The molecule has 0 spiro atoms. The number of thioether (sulfide) groups is 1. The highest BCUT2D eigenvalue weighted by atomic mass is 32.2. The minimum atomic E-state index is 0.211. The summed E-state index contributed by atoms with van der Waals surface area (Å²) in [6, 6.07) is 18.4. The minimum Gasteiger partial charge on any atom is -0.398 e. The number of carbonyl (C=O) groups is 1. The molecule has 0 saturated carbocycles. The molecule has 2 aromatic carbocycles. The number of piperazine rings is 1. The van der Waals surface area contributed by atoms with Gasteiger partial charge in [0.25, 0.3) is 0 Å². The lowest BCUT2D eigenvalue weighted by atomic mass is 10.1. The number of nitrogens with zero attached hydrogens (tertiary/aromatic N) is 4. The van der Waals surface area contributed by atoms with Crippen LogP contribution in [0.25, 0.3) is 11.3 Å². The highest BCUT2D eigenvalue weighted by molar-refractivity contribution is 7.99. The first-order valence-corrected chi connectivity index (χ1v) is 11.3. The summed E-state index contributed by atoms with van der Waals surface area (Å²) in [5, 5.41) is 1.01. The first-order valence-electron chi connectivity index (χ1n) is 10.3. The van der Waals surface area contributed by atoms with Crippen LogP contribution >= 0.6 is 11.8 Å². The van der Waals surface area contributed by atoms with Crippen molar-refractivity contribution in [2.24, 2.45) is 0 Å². The third-order valence-corrected chi connectivity index (χ3v) is 6.92. The fourth-order valence-corrected chi connectivity index (χ4v) is 5.30. The maximum atomic E-state index is 12.8. The Morgan fingerprint density at radius 2 is 1.87 bits per heavy atom. The third kappa shape index (κ3) is 3.82. The van der Waals surface area contributed by atoms with E-state index in [0.29, 0.717) is 6.54 Å². The van der Waals surface area contributed by atoms with Crippen LogP contribution in [-0.4, -0.2) is 57.2 Å². The van der Waals surface area contributed by atoms with E-state index in [0.717, 1.165) is 54.0 Å². The Kier molecular flexibility index (Phi) is 5.23. The highest BCUT2D eigenvalue weighted by Gasteiger charge is 2.31. The van der Waals surface area contributed by atoms with Crippen LogP contribution < -0.4 is 5.73 Å². The van der Waals surface area contributed by atoms with Gasteiger partial charge in [-0.05, 0) is 11.6 Å². The molecule has 1 atom stereocenters. The van der Waals surface area contributed by atoms with Gasteiger partial charge >= 0.3 is 0 Å². The average molecular weight is 420 g/mol. The Morgan fingerprint density at radius 1 is 1.07 bits per heavy atom. The highest BCUT2D eigenvalue weighted by Crippen LogP contribution is 2.37. The van der Waals surface area contributed by atoms with Crippen LogP contribution in [0.15, 0.2) is 66.0 Å². The van der Waals surface area contributed by atoms with Crippen LogP contribution in [0.1, 0.15) is 11.6 Å². The van der Waals surface area contributed by atoms with E-state index < -0.39 is 0 Å². The fraction of sp³-hybridized carbons (Fsp3) is 0.304. The predicted octanol–water partition coefficient (Wildman–Crippen LogP) is 3.12. The average Bonchev–Trinajstić information content (AvgIpc) is 3.33. The van der Waals surface area contributed by atoms with Gasteiger partial charge in [-0.3, -0.25) is 9.69 Å². The maximum Gasteiger partial charge on any atom is 0.236 e. The summed E-state index contributed by atoms with van der Waals surface area (Å²) in [4.78, 5) is 21.8. The van der Waals surface area contributed by atoms with Crippen molar-refractivity contribution in [3.05, 3.63) is 66.4 Å². The number of hydrogen-bond donors (Lipinski definition) is 1. The number of carbonyl (C=O) groups excluding carboxylic acids is 1. The van der Waals surface area contributed by atoms with Gasteiger partial charge in [-0.15, -0.1) is 0 Å². The van der Waals surface area contributed by atoms with E-state index in [9.17, 15) is 4.79 Å². The molecule has 3 heterocycles. The summed E-state index contributed by atoms with van der Waals surface area (Å²) < 4.78 is 2.22. The molecule has 1 fully saturated rings. The molecule has 2 aliphatic heterocycles. The van der Waals surface area contributed by atoms with Gasteiger partial charge in [-0.1, -0.05) is 60.3 Å². The zero-order chi connectivity index (χ0) is 20.5. The molecule has 3 aromatic rings. The standard InChI is InChI=1S/C23H25N5OS/c24-20-9-5-4-8-19(20)21-14-28-18(16-30-23(28)25-21)13-27-11-10-26(15-22(27)29)12-17-6-2-1-3-7-17/h1-9,14,18H,10-13,15-16,24H2. The van der Waals surface area contributed by atoms with E-state index in [1.807, 2.05) is 47.4 Å². The number of fused-ring (bicyclic) bond motifs is 1. The number of nitrogen functional groups attached to an aromatic ring is 1. The van der Waals surface area contributed by atoms with Crippen LogP contribution in [0, 0.1) is 0 Å². The third-order valence-electron chi connectivity index (χ3n) is 5.81. The number of rotatable bonds is 5. The summed E-state index contributed by atoms with van der Waals surface area (Å²) in [7, 11) is 0. The van der Waals surface area contributed by atoms with Gasteiger partial charge in [0.05, 0.1) is 18.3 Å². The summed E-state index contributed by atoms with van der Waals surface area (Å²) in [5.74, 6) is 1.16. The van der Waals surface area contributed by atoms with E-state index in [1.54, 1.807) is 11.8 Å². The van der Waals surface area contributed by atoms with Crippen LogP contribution in [-0.2, 0) is 11.3 Å². The van der Waals surface area contributed by atoms with Gasteiger partial charge < -0.3 is 15.2 Å². The van der Waals surface area contributed by atoms with Crippen molar-refractivity contribution in [2.75, 3.05) is 37.7 Å². The van der Waals surface area contributed by atoms with Crippen LogP contribution in [0.4, 0.5) is 5.69 Å². The predicted molar refractivity (Wildman–Crippen MR) is 120 cm³/mol. The van der Waals surface area contributed by atoms with Gasteiger partial charge in [-0.25, -0.2) is 4.98 Å². The molecule has 30 heavy (non-hydrogen) atoms. The van der Waals surface area contributed by atoms with Crippen molar-refractivity contribution in [3.63, 3.8) is 0 Å². The van der Waals surface area contributed by atoms with Gasteiger partial charge in [0.2, 0.25) is 5.91 Å². The Labute approximate surface area is 180 Å². The lowest BCUT2D eigenvalue weighted by Gasteiger charge is -2.35. The normalized spacial score (nSPS) is 19.3. The Hall–Kier alpha value is -2.77. The summed E-state index contributed by atoms with van der Waals surface area (Å²) in [5.41, 5.74) is 9.98. The SMILES string of the molecule is Nc1ccccc1-c1cn2c(n1)SCC2CN1CCN(Cc2ccccc2)CC1=O. The topological polar surface area (TPSA) is 67.4 Å². The molecule has 2 N–H and O–H groups in total. The first kappa shape index (κ1) is 19.2. The zero-order valence-corrected chi connectivity index (χ0v) is 17.6. The van der Waals surface area contributed by atoms with Crippen molar-refractivity contribution < 1.29 is 4.79 Å². The lowest BCUT2D eigenvalue weighted by Crippen LogP contribution is -2.51. The molecule has 7 heteroatoms. The van der Waals surface area contributed by atoms with Crippen LogP contribution in [0.3, 0.4) is 0 Å². The van der Waals surface area contributed by atoms with Gasteiger partial charge in [0.1, 0.15) is 0 Å². The monoisotopic (exact) mass is 419 g/mol. The van der Waals surface area contributed by atoms with E-state index >= 15 is 0 Å². The molecule has 0 bridgehead atoms. The van der Waals surface area contributed by atoms with Gasteiger partial charge in [0.15, 0.2) is 5.16 Å². The van der Waals surface area contributed by atoms with Gasteiger partial charge in [0, 0.05) is 49.4 Å². The fourth-order valence-electron chi connectivity index (χ4n) is 4.18. The molecule has 5 rings (SSSR count). The largest absolute Gasteiger partial charge is 0.398 e. The summed E-state index contributed by atoms with van der Waals surface area (Å²) in [6.45, 7) is 3.72. The molecular weight excluding hydrogens is 394 g/mol. The van der Waals surface area contributed by atoms with Crippen molar-refractivity contribution >= 4 is 23.4 Å². The molecule has 2 aliphatic rings. The number of nitrogens with two attached hydrogens (primary N) is 1. The molecule has 1 unspecified atom stereocenters. The minimum absolute atomic E-state index is 0.211. The number of hydrogen-bond acceptors (Lipinski definition) is 5. The van der Waals surface area contributed by atoms with E-state index in [1.165, 1.54) is 5.56 Å². The Morgan fingerprint density at radius 3 is 2.67 bits per heavy atom. The number of anilines is 1. The molecule has 0 aliphatic carbocycles. The summed E-state index contributed by atoms with van der Waals surface area (Å²) >= 11 is 1.75. The Bertz CT molecular complexity index is 1050. The van der Waals surface area contributed by atoms with E-state index in [4.69, 9.17) is 10.7 Å². The van der Waals surface area contributed by atoms with E-state index in [2.05, 4.69) is 27.8 Å². The van der Waals surface area contributed by atoms with Crippen molar-refractivity contribution in [1.82, 2.24) is 19.4 Å². The second-order valence-corrected chi connectivity index (χ2v) is 8.89. The van der Waals surface area contributed by atoms with Crippen molar-refractivity contribution in [3.8, 4) is 11.3 Å². The molecule has 1 amide bonds. The number of para-hydroxylation sites is 1. The second kappa shape index (κ2) is 8.16. The number of imidazole rings is 1. The van der Waals surface area contributed by atoms with Crippen LogP contribution in [0.5, 0.6) is 0 Å². The lowest BCUT2D eigenvalue weighted by molar-refractivity contribution is -0.136. The second-order valence-electron chi connectivity index (χ2n) is 7.90. The quantitative estimate of drug-likeness (QED) is 0.644. The number of amides is 1. The van der Waals surface area contributed by atoms with Gasteiger partial charge in [-0.2, -0.15) is 0 Å². The molecule has 1 aromatic heterocycles. The Balaban J connectivity index is 1.24. The number of aromatic nitrogens is 2. The molecule has 1 saturated heterocycles.